The van der Waals surface area contributed by atoms with Gasteiger partial charge in [-0.3, -0.25) is 0 Å². The Kier molecular flexibility index (Phi) is 2.51. The predicted molar refractivity (Wildman–Crippen MR) is 54.1 cm³/mol. The normalized spacial score (nSPS) is 29.2. The van der Waals surface area contributed by atoms with Gasteiger partial charge in [0, 0.05) is 23.6 Å². The minimum absolute atomic E-state index is 0.697. The first kappa shape index (κ1) is 8.32. The summed E-state index contributed by atoms with van der Waals surface area (Å²) in [5.41, 5.74) is 0. The van der Waals surface area contributed by atoms with Gasteiger partial charge in [-0.15, -0.1) is 0 Å². The molecule has 66 valence electrons. The largest absolute Gasteiger partial charge is 0.368 e. The van der Waals surface area contributed by atoms with E-state index in [1.165, 1.54) is 10.9 Å². The molecule has 2 aliphatic rings. The predicted octanol–water partition coefficient (Wildman–Crippen LogP) is 1.46. The second-order valence-corrected chi connectivity index (χ2v) is 4.29. The lowest BCUT2D eigenvalue weighted by molar-refractivity contribution is 0.316. The van der Waals surface area contributed by atoms with E-state index in [1.807, 2.05) is 0 Å². The van der Waals surface area contributed by atoms with E-state index in [9.17, 15) is 0 Å². The van der Waals surface area contributed by atoms with Gasteiger partial charge in [-0.1, -0.05) is 15.9 Å². The van der Waals surface area contributed by atoms with Crippen molar-refractivity contribution in [3.63, 3.8) is 0 Å². The fourth-order valence-electron chi connectivity index (χ4n) is 1.71. The summed E-state index contributed by atoms with van der Waals surface area (Å²) in [5, 5.41) is 3.37. The van der Waals surface area contributed by atoms with Crippen LogP contribution >= 0.6 is 15.9 Å². The molecule has 0 bridgehead atoms. The maximum Gasteiger partial charge on any atom is 0.0493 e. The minimum Gasteiger partial charge on any atom is -0.368 e. The Morgan fingerprint density at radius 1 is 1.58 bits per heavy atom. The highest BCUT2D eigenvalue weighted by atomic mass is 79.9. The Labute approximate surface area is 81.4 Å². The van der Waals surface area contributed by atoms with Crippen molar-refractivity contribution in [3.05, 3.63) is 22.8 Å². The molecule has 1 fully saturated rings. The Balaban J connectivity index is 1.97. The molecule has 1 atom stereocenters. The lowest BCUT2D eigenvalue weighted by atomic mass is 10.2. The Morgan fingerprint density at radius 3 is 3.17 bits per heavy atom. The zero-order chi connectivity index (χ0) is 8.39. The standard InChI is InChI=1S/C9H13BrN2/c10-8-2-1-5-12(7-8)9-3-4-11-6-9/h1-2,5,9,11H,3-4,6-7H2/t9-/m1/s1. The number of halogens is 1. The molecule has 12 heavy (non-hydrogen) atoms. The second-order valence-electron chi connectivity index (χ2n) is 3.27. The van der Waals surface area contributed by atoms with Crippen LogP contribution in [0.3, 0.4) is 0 Å². The summed E-state index contributed by atoms with van der Waals surface area (Å²) in [5.74, 6) is 0. The summed E-state index contributed by atoms with van der Waals surface area (Å²) in [6, 6.07) is 0.697. The van der Waals surface area contributed by atoms with Crippen LogP contribution in [0.5, 0.6) is 0 Å². The smallest absolute Gasteiger partial charge is 0.0493 e. The van der Waals surface area contributed by atoms with E-state index >= 15 is 0 Å². The first-order valence-corrected chi connectivity index (χ1v) is 5.15. The van der Waals surface area contributed by atoms with Crippen molar-refractivity contribution < 1.29 is 0 Å². The van der Waals surface area contributed by atoms with Gasteiger partial charge in [0.1, 0.15) is 0 Å². The number of allylic oxidation sites excluding steroid dienone is 2. The van der Waals surface area contributed by atoms with Gasteiger partial charge in [0.15, 0.2) is 0 Å². The molecule has 0 aromatic heterocycles. The van der Waals surface area contributed by atoms with Gasteiger partial charge in [-0.2, -0.15) is 0 Å². The van der Waals surface area contributed by atoms with Crippen molar-refractivity contribution >= 4 is 15.9 Å². The maximum absolute atomic E-state index is 3.52. The van der Waals surface area contributed by atoms with E-state index in [-0.39, 0.29) is 0 Å². The molecule has 0 aliphatic carbocycles. The molecule has 2 rings (SSSR count). The van der Waals surface area contributed by atoms with Crippen LogP contribution in [0.2, 0.25) is 0 Å². The topological polar surface area (TPSA) is 15.3 Å². The molecule has 1 N–H and O–H groups in total. The molecule has 0 saturated carbocycles. The molecule has 0 spiro atoms. The summed E-state index contributed by atoms with van der Waals surface area (Å²) < 4.78 is 1.27. The number of hydrogen-bond donors (Lipinski definition) is 1. The van der Waals surface area contributed by atoms with E-state index < -0.39 is 0 Å². The van der Waals surface area contributed by atoms with E-state index in [4.69, 9.17) is 0 Å². The van der Waals surface area contributed by atoms with Crippen molar-refractivity contribution in [2.75, 3.05) is 19.6 Å². The molecule has 2 aliphatic heterocycles. The Morgan fingerprint density at radius 2 is 2.50 bits per heavy atom. The van der Waals surface area contributed by atoms with E-state index in [2.05, 4.69) is 44.5 Å². The summed E-state index contributed by atoms with van der Waals surface area (Å²) in [6.07, 6.45) is 7.66. The Hall–Kier alpha value is -0.280. The van der Waals surface area contributed by atoms with Gasteiger partial charge >= 0.3 is 0 Å². The van der Waals surface area contributed by atoms with Crippen LogP contribution in [0.1, 0.15) is 6.42 Å². The van der Waals surface area contributed by atoms with Gasteiger partial charge in [0.05, 0.1) is 0 Å². The highest BCUT2D eigenvalue weighted by Crippen LogP contribution is 2.18. The molecule has 0 radical (unpaired) electrons. The average Bonchev–Trinajstić information content (AvgIpc) is 2.56. The number of hydrogen-bond acceptors (Lipinski definition) is 2. The van der Waals surface area contributed by atoms with Crippen LogP contribution < -0.4 is 5.32 Å². The summed E-state index contributed by atoms with van der Waals surface area (Å²) in [7, 11) is 0. The van der Waals surface area contributed by atoms with Gasteiger partial charge in [-0.25, -0.2) is 0 Å². The number of nitrogens with zero attached hydrogens (tertiary/aromatic N) is 1. The van der Waals surface area contributed by atoms with Crippen molar-refractivity contribution in [1.82, 2.24) is 10.2 Å². The molecule has 2 heterocycles. The molecule has 0 aromatic rings. The van der Waals surface area contributed by atoms with Gasteiger partial charge in [-0.05, 0) is 31.3 Å². The highest BCUT2D eigenvalue weighted by Gasteiger charge is 2.20. The SMILES string of the molecule is BrC1=CC=CN([C@@H]2CCNC2)C1. The van der Waals surface area contributed by atoms with Crippen molar-refractivity contribution in [2.24, 2.45) is 0 Å². The molecule has 2 nitrogen and oxygen atoms in total. The fourth-order valence-corrected chi connectivity index (χ4v) is 2.15. The van der Waals surface area contributed by atoms with Crippen LogP contribution in [0.4, 0.5) is 0 Å². The zero-order valence-corrected chi connectivity index (χ0v) is 8.55. The third kappa shape index (κ3) is 1.72. The molecule has 1 saturated heterocycles. The van der Waals surface area contributed by atoms with Crippen LogP contribution in [0, 0.1) is 0 Å². The molecular weight excluding hydrogens is 216 g/mol. The number of nitrogens with one attached hydrogen (secondary N) is 1. The third-order valence-electron chi connectivity index (χ3n) is 2.39. The molecular formula is C9H13BrN2. The van der Waals surface area contributed by atoms with Crippen molar-refractivity contribution in [2.45, 2.75) is 12.5 Å². The van der Waals surface area contributed by atoms with Crippen LogP contribution in [-0.4, -0.2) is 30.6 Å². The van der Waals surface area contributed by atoms with Crippen LogP contribution in [0.25, 0.3) is 0 Å². The first-order chi connectivity index (χ1) is 5.86. The van der Waals surface area contributed by atoms with Gasteiger partial charge in [0.2, 0.25) is 0 Å². The van der Waals surface area contributed by atoms with Crippen LogP contribution in [-0.2, 0) is 0 Å². The van der Waals surface area contributed by atoms with Crippen molar-refractivity contribution in [3.8, 4) is 0 Å². The molecule has 0 aromatic carbocycles. The average molecular weight is 229 g/mol. The Bertz CT molecular complexity index is 217. The van der Waals surface area contributed by atoms with Gasteiger partial charge in [0.25, 0.3) is 0 Å². The monoisotopic (exact) mass is 228 g/mol. The fraction of sp³-hybridized carbons (Fsp3) is 0.556. The highest BCUT2D eigenvalue weighted by molar-refractivity contribution is 9.11. The van der Waals surface area contributed by atoms with Gasteiger partial charge < -0.3 is 10.2 Å². The lowest BCUT2D eigenvalue weighted by Gasteiger charge is -2.28. The molecule has 0 amide bonds. The van der Waals surface area contributed by atoms with E-state index in [1.54, 1.807) is 0 Å². The summed E-state index contributed by atoms with van der Waals surface area (Å²) in [6.45, 7) is 3.32. The zero-order valence-electron chi connectivity index (χ0n) is 6.96. The lowest BCUT2D eigenvalue weighted by Crippen LogP contribution is -2.34. The summed E-state index contributed by atoms with van der Waals surface area (Å²) in [4.78, 5) is 2.39. The van der Waals surface area contributed by atoms with E-state index in [0.717, 1.165) is 19.6 Å². The molecule has 0 unspecified atom stereocenters. The van der Waals surface area contributed by atoms with E-state index in [0.29, 0.717) is 6.04 Å². The first-order valence-electron chi connectivity index (χ1n) is 4.35. The number of rotatable bonds is 1. The summed E-state index contributed by atoms with van der Waals surface area (Å²) >= 11 is 3.52. The third-order valence-corrected chi connectivity index (χ3v) is 2.91. The van der Waals surface area contributed by atoms with Crippen molar-refractivity contribution in [1.29, 1.82) is 0 Å². The minimum atomic E-state index is 0.697. The second kappa shape index (κ2) is 3.62. The maximum atomic E-state index is 3.52. The quantitative estimate of drug-likeness (QED) is 0.732. The molecule has 3 heteroatoms. The van der Waals surface area contributed by atoms with Crippen LogP contribution in [0.15, 0.2) is 22.8 Å².